The fraction of sp³-hybridized carbons (Fsp3) is 0.208. The van der Waals surface area contributed by atoms with Crippen LogP contribution in [0.1, 0.15) is 11.1 Å². The second-order valence-corrected chi connectivity index (χ2v) is 12.0. The number of sulfonamides is 2. The first-order valence-electron chi connectivity index (χ1n) is 10.6. The molecule has 0 saturated carbocycles. The lowest BCUT2D eigenvalue weighted by Crippen LogP contribution is -2.37. The summed E-state index contributed by atoms with van der Waals surface area (Å²) in [5, 5.41) is 2.96. The molecule has 0 heterocycles. The first-order chi connectivity index (χ1) is 16.8. The molecule has 0 spiro atoms. The van der Waals surface area contributed by atoms with Gasteiger partial charge >= 0.3 is 0 Å². The van der Waals surface area contributed by atoms with Crippen LogP contribution < -0.4 is 19.1 Å². The van der Waals surface area contributed by atoms with Crippen LogP contribution in [0.4, 0.5) is 17.1 Å². The predicted molar refractivity (Wildman–Crippen MR) is 142 cm³/mol. The molecule has 192 valence electrons. The van der Waals surface area contributed by atoms with E-state index in [9.17, 15) is 21.6 Å². The molecule has 3 aromatic rings. The number of benzene rings is 3. The van der Waals surface area contributed by atoms with Crippen molar-refractivity contribution in [3.05, 3.63) is 76.8 Å². The van der Waals surface area contributed by atoms with Gasteiger partial charge in [0.1, 0.15) is 12.3 Å². The average Bonchev–Trinajstić information content (AvgIpc) is 2.79. The Balaban J connectivity index is 1.76. The lowest BCUT2D eigenvalue weighted by atomic mass is 10.2. The van der Waals surface area contributed by atoms with Gasteiger partial charge in [0, 0.05) is 10.7 Å². The van der Waals surface area contributed by atoms with Crippen LogP contribution in [-0.2, 0) is 24.8 Å². The first kappa shape index (κ1) is 27.3. The van der Waals surface area contributed by atoms with Gasteiger partial charge in [-0.25, -0.2) is 16.8 Å². The average molecular weight is 552 g/mol. The Kier molecular flexibility index (Phi) is 8.17. The SMILES string of the molecule is COc1ccc(C)cc1NS(=O)(=O)c1ccc(NC(=O)CN(c2cccc(Cl)c2C)S(C)(=O)=O)cc1. The van der Waals surface area contributed by atoms with Crippen LogP contribution in [-0.4, -0.2) is 42.7 Å². The Labute approximate surface area is 216 Å². The summed E-state index contributed by atoms with van der Waals surface area (Å²) in [6.45, 7) is 3.00. The topological polar surface area (TPSA) is 122 Å². The Morgan fingerprint density at radius 3 is 2.28 bits per heavy atom. The number of rotatable bonds is 9. The van der Waals surface area contributed by atoms with E-state index >= 15 is 0 Å². The van der Waals surface area contributed by atoms with Crippen molar-refractivity contribution in [2.75, 3.05) is 34.3 Å². The highest BCUT2D eigenvalue weighted by Crippen LogP contribution is 2.29. The Bertz CT molecular complexity index is 1490. The summed E-state index contributed by atoms with van der Waals surface area (Å²) in [5.74, 6) is -0.239. The van der Waals surface area contributed by atoms with Crippen LogP contribution in [0.2, 0.25) is 5.02 Å². The van der Waals surface area contributed by atoms with E-state index in [1.165, 1.54) is 31.4 Å². The standard InChI is InChI=1S/C24H26ClN3O6S2/c1-16-8-13-23(34-3)21(14-16)27-36(32,33)19-11-9-18(10-12-19)26-24(29)15-28(35(4,30)31)22-7-5-6-20(25)17(22)2/h5-14,27H,15H2,1-4H3,(H,26,29). The fourth-order valence-electron chi connectivity index (χ4n) is 3.40. The second-order valence-electron chi connectivity index (χ2n) is 8.04. The van der Waals surface area contributed by atoms with Crippen LogP contribution >= 0.6 is 11.6 Å². The number of anilines is 3. The van der Waals surface area contributed by atoms with Crippen molar-refractivity contribution in [3.63, 3.8) is 0 Å². The molecule has 3 aromatic carbocycles. The van der Waals surface area contributed by atoms with Gasteiger partial charge in [0.05, 0.1) is 29.6 Å². The lowest BCUT2D eigenvalue weighted by Gasteiger charge is -2.24. The molecular formula is C24H26ClN3O6S2. The molecule has 12 heteroatoms. The summed E-state index contributed by atoms with van der Waals surface area (Å²) >= 11 is 6.12. The molecule has 2 N–H and O–H groups in total. The molecule has 0 saturated heterocycles. The van der Waals surface area contributed by atoms with Crippen LogP contribution in [0.3, 0.4) is 0 Å². The predicted octanol–water partition coefficient (Wildman–Crippen LogP) is 4.17. The molecule has 0 unspecified atom stereocenters. The third kappa shape index (κ3) is 6.48. The van der Waals surface area contributed by atoms with E-state index in [2.05, 4.69) is 10.0 Å². The van der Waals surface area contributed by atoms with Crippen LogP contribution in [0, 0.1) is 13.8 Å². The number of carbonyl (C=O) groups excluding carboxylic acids is 1. The van der Waals surface area contributed by atoms with Crippen molar-refractivity contribution < 1.29 is 26.4 Å². The number of ether oxygens (including phenoxy) is 1. The molecule has 0 fully saturated rings. The van der Waals surface area contributed by atoms with Crippen molar-refractivity contribution in [1.82, 2.24) is 0 Å². The molecule has 0 atom stereocenters. The number of hydrogen-bond acceptors (Lipinski definition) is 6. The molecule has 9 nitrogen and oxygen atoms in total. The van der Waals surface area contributed by atoms with Crippen LogP contribution in [0.15, 0.2) is 65.6 Å². The summed E-state index contributed by atoms with van der Waals surface area (Å²) < 4.78 is 59.1. The van der Waals surface area contributed by atoms with Gasteiger partial charge in [-0.1, -0.05) is 23.7 Å². The minimum atomic E-state index is -3.93. The van der Waals surface area contributed by atoms with E-state index in [-0.39, 0.29) is 4.90 Å². The summed E-state index contributed by atoms with van der Waals surface area (Å²) in [7, 11) is -6.28. The zero-order chi connectivity index (χ0) is 26.7. The van der Waals surface area contributed by atoms with E-state index in [0.717, 1.165) is 16.1 Å². The number of amides is 1. The van der Waals surface area contributed by atoms with Gasteiger partial charge in [0.25, 0.3) is 10.0 Å². The quantitative estimate of drug-likeness (QED) is 0.411. The normalized spacial score (nSPS) is 11.6. The minimum absolute atomic E-state index is 0.0311. The first-order valence-corrected chi connectivity index (χ1v) is 14.3. The maximum atomic E-state index is 12.8. The summed E-state index contributed by atoms with van der Waals surface area (Å²) in [6, 6.07) is 15.4. The number of methoxy groups -OCH3 is 1. The minimum Gasteiger partial charge on any atom is -0.495 e. The number of aryl methyl sites for hydroxylation is 1. The molecule has 1 amide bonds. The third-order valence-corrected chi connectivity index (χ3v) is 8.16. The smallest absolute Gasteiger partial charge is 0.262 e. The maximum absolute atomic E-state index is 12.8. The number of halogens is 1. The molecular weight excluding hydrogens is 526 g/mol. The van der Waals surface area contributed by atoms with Gasteiger partial charge in [-0.05, 0) is 73.5 Å². The molecule has 0 aliphatic carbocycles. The van der Waals surface area contributed by atoms with Crippen molar-refractivity contribution in [2.24, 2.45) is 0 Å². The van der Waals surface area contributed by atoms with Crippen molar-refractivity contribution in [3.8, 4) is 5.75 Å². The summed E-state index contributed by atoms with van der Waals surface area (Å²) in [5.41, 5.74) is 2.25. The Hall–Kier alpha value is -3.28. The second kappa shape index (κ2) is 10.8. The highest BCUT2D eigenvalue weighted by atomic mass is 35.5. The monoisotopic (exact) mass is 551 g/mol. The molecule has 0 radical (unpaired) electrons. The van der Waals surface area contributed by atoms with Crippen molar-refractivity contribution in [1.29, 1.82) is 0 Å². The Morgan fingerprint density at radius 1 is 1.00 bits per heavy atom. The maximum Gasteiger partial charge on any atom is 0.262 e. The van der Waals surface area contributed by atoms with E-state index < -0.39 is 32.5 Å². The van der Waals surface area contributed by atoms with Gasteiger partial charge in [0.15, 0.2) is 0 Å². The summed E-state index contributed by atoms with van der Waals surface area (Å²) in [4.78, 5) is 12.6. The largest absolute Gasteiger partial charge is 0.495 e. The van der Waals surface area contributed by atoms with E-state index in [0.29, 0.717) is 33.4 Å². The molecule has 0 bridgehead atoms. The van der Waals surface area contributed by atoms with E-state index in [1.54, 1.807) is 43.3 Å². The number of hydrogen-bond donors (Lipinski definition) is 2. The third-order valence-electron chi connectivity index (χ3n) is 5.24. The number of nitrogens with one attached hydrogen (secondary N) is 2. The molecule has 0 aliphatic heterocycles. The summed E-state index contributed by atoms with van der Waals surface area (Å²) in [6.07, 6.45) is 0.997. The molecule has 36 heavy (non-hydrogen) atoms. The van der Waals surface area contributed by atoms with Gasteiger partial charge in [0.2, 0.25) is 15.9 Å². The molecule has 3 rings (SSSR count). The Morgan fingerprint density at radius 2 is 1.67 bits per heavy atom. The lowest BCUT2D eigenvalue weighted by molar-refractivity contribution is -0.114. The highest BCUT2D eigenvalue weighted by Gasteiger charge is 2.23. The van der Waals surface area contributed by atoms with Crippen molar-refractivity contribution in [2.45, 2.75) is 18.7 Å². The zero-order valence-corrected chi connectivity index (χ0v) is 22.5. The van der Waals surface area contributed by atoms with E-state index in [1.807, 2.05) is 6.92 Å². The van der Waals surface area contributed by atoms with Crippen LogP contribution in [0.5, 0.6) is 5.75 Å². The zero-order valence-electron chi connectivity index (χ0n) is 20.1. The molecule has 0 aliphatic rings. The van der Waals surface area contributed by atoms with Gasteiger partial charge < -0.3 is 10.1 Å². The number of carbonyl (C=O) groups is 1. The van der Waals surface area contributed by atoms with Gasteiger partial charge in [-0.3, -0.25) is 13.8 Å². The van der Waals surface area contributed by atoms with Crippen molar-refractivity contribution >= 4 is 54.6 Å². The van der Waals surface area contributed by atoms with Gasteiger partial charge in [-0.15, -0.1) is 0 Å². The molecule has 0 aromatic heterocycles. The highest BCUT2D eigenvalue weighted by molar-refractivity contribution is 7.92. The van der Waals surface area contributed by atoms with Gasteiger partial charge in [-0.2, -0.15) is 0 Å². The number of nitrogens with zero attached hydrogens (tertiary/aromatic N) is 1. The van der Waals surface area contributed by atoms with Crippen LogP contribution in [0.25, 0.3) is 0 Å². The fourth-order valence-corrected chi connectivity index (χ4v) is 5.54. The van der Waals surface area contributed by atoms with E-state index in [4.69, 9.17) is 16.3 Å².